The Kier molecular flexibility index (Phi) is 5.77. The second-order valence-corrected chi connectivity index (χ2v) is 5.99. The number of hydrogen-bond acceptors (Lipinski definition) is 4. The fourth-order valence-corrected chi connectivity index (χ4v) is 2.14. The van der Waals surface area contributed by atoms with E-state index in [-0.39, 0.29) is 24.6 Å². The monoisotopic (exact) mass is 320 g/mol. The summed E-state index contributed by atoms with van der Waals surface area (Å²) in [6.45, 7) is 1.78. The maximum atomic E-state index is 12.3. The second kappa shape index (κ2) is 7.11. The zero-order valence-electron chi connectivity index (χ0n) is 11.1. The molecule has 2 amide bonds. The average molecular weight is 320 g/mol. The molecule has 0 aromatic heterocycles. The number of nitrogens with one attached hydrogen (secondary N) is 2. The van der Waals surface area contributed by atoms with Crippen LogP contribution in [0.2, 0.25) is 0 Å². The van der Waals surface area contributed by atoms with Crippen LogP contribution in [0.3, 0.4) is 0 Å². The summed E-state index contributed by atoms with van der Waals surface area (Å²) >= 11 is 0. The van der Waals surface area contributed by atoms with Gasteiger partial charge >= 0.3 is 5.76 Å². The molecule has 9 heteroatoms. The molecule has 6 nitrogen and oxygen atoms in total. The summed E-state index contributed by atoms with van der Waals surface area (Å²) < 4.78 is 47.0. The van der Waals surface area contributed by atoms with Crippen LogP contribution in [0.25, 0.3) is 0 Å². The van der Waals surface area contributed by atoms with Crippen LogP contribution in [-0.2, 0) is 14.6 Å². The van der Waals surface area contributed by atoms with Crippen molar-refractivity contribution in [2.45, 2.75) is 17.6 Å². The smallest absolute Gasteiger partial charge is 0.341 e. The van der Waals surface area contributed by atoms with Crippen molar-refractivity contribution in [3.8, 4) is 0 Å². The number of carbonyl (C=O) groups is 2. The van der Waals surface area contributed by atoms with Crippen LogP contribution in [0.4, 0.5) is 8.78 Å². The van der Waals surface area contributed by atoms with Gasteiger partial charge in [-0.2, -0.15) is 8.78 Å². The van der Waals surface area contributed by atoms with Gasteiger partial charge in [-0.25, -0.2) is 8.42 Å². The molecule has 21 heavy (non-hydrogen) atoms. The fourth-order valence-electron chi connectivity index (χ4n) is 1.42. The van der Waals surface area contributed by atoms with Crippen molar-refractivity contribution in [1.29, 1.82) is 0 Å². The van der Waals surface area contributed by atoms with E-state index < -0.39 is 26.4 Å². The first kappa shape index (κ1) is 17.0. The Morgan fingerprint density at radius 1 is 1.10 bits per heavy atom. The molecule has 0 atom stereocenters. The molecule has 0 aliphatic carbocycles. The van der Waals surface area contributed by atoms with Gasteiger partial charge in [0.05, 0.1) is 4.90 Å². The average Bonchev–Trinajstić information content (AvgIpc) is 2.43. The Balaban J connectivity index is 2.66. The molecule has 0 bridgehead atoms. The maximum absolute atomic E-state index is 12.3. The van der Waals surface area contributed by atoms with Crippen molar-refractivity contribution in [3.05, 3.63) is 29.8 Å². The second-order valence-electron chi connectivity index (χ2n) is 4.07. The molecular weight excluding hydrogens is 306 g/mol. The highest BCUT2D eigenvalue weighted by molar-refractivity contribution is 7.91. The number of halogens is 2. The molecule has 0 aliphatic heterocycles. The SMILES string of the molecule is CC(=O)NCCNC(=O)c1ccc(S(=O)(=O)C(F)F)cc1. The molecule has 0 saturated carbocycles. The number of amides is 2. The zero-order valence-corrected chi connectivity index (χ0v) is 11.9. The van der Waals surface area contributed by atoms with Gasteiger partial charge in [0.25, 0.3) is 5.91 Å². The Labute approximate surface area is 120 Å². The minimum atomic E-state index is -4.66. The number of sulfone groups is 1. The molecule has 0 saturated heterocycles. The van der Waals surface area contributed by atoms with Gasteiger partial charge < -0.3 is 10.6 Å². The summed E-state index contributed by atoms with van der Waals surface area (Å²) in [6, 6.07) is 4.18. The van der Waals surface area contributed by atoms with Crippen molar-refractivity contribution < 1.29 is 26.8 Å². The van der Waals surface area contributed by atoms with Gasteiger partial charge in [-0.1, -0.05) is 0 Å². The molecule has 0 unspecified atom stereocenters. The molecule has 0 radical (unpaired) electrons. The van der Waals surface area contributed by atoms with E-state index in [0.717, 1.165) is 24.3 Å². The Morgan fingerprint density at radius 3 is 2.10 bits per heavy atom. The number of rotatable bonds is 6. The first-order chi connectivity index (χ1) is 9.75. The Bertz CT molecular complexity index is 615. The van der Waals surface area contributed by atoms with E-state index in [1.807, 2.05) is 0 Å². The number of carbonyl (C=O) groups excluding carboxylic acids is 2. The van der Waals surface area contributed by atoms with Crippen molar-refractivity contribution in [1.82, 2.24) is 10.6 Å². The first-order valence-corrected chi connectivity index (χ1v) is 7.44. The standard InChI is InChI=1S/C12H14F2N2O4S/c1-8(17)15-6-7-16-11(18)9-2-4-10(5-3-9)21(19,20)12(13)14/h2-5,12H,6-7H2,1H3,(H,15,17)(H,16,18). The molecule has 2 N–H and O–H groups in total. The van der Waals surface area contributed by atoms with Crippen LogP contribution in [-0.4, -0.2) is 39.1 Å². The molecule has 0 aliphatic rings. The lowest BCUT2D eigenvalue weighted by Crippen LogP contribution is -2.33. The van der Waals surface area contributed by atoms with E-state index in [1.54, 1.807) is 0 Å². The number of benzene rings is 1. The Hall–Kier alpha value is -2.03. The summed E-state index contributed by atoms with van der Waals surface area (Å²) in [7, 11) is -4.66. The summed E-state index contributed by atoms with van der Waals surface area (Å²) in [5.74, 6) is -4.23. The molecule has 0 spiro atoms. The van der Waals surface area contributed by atoms with Crippen molar-refractivity contribution >= 4 is 21.7 Å². The van der Waals surface area contributed by atoms with Gasteiger partial charge in [-0.15, -0.1) is 0 Å². The lowest BCUT2D eigenvalue weighted by atomic mass is 10.2. The molecular formula is C12H14F2N2O4S. The zero-order chi connectivity index (χ0) is 16.0. The minimum absolute atomic E-state index is 0.131. The highest BCUT2D eigenvalue weighted by Gasteiger charge is 2.26. The molecule has 0 heterocycles. The van der Waals surface area contributed by atoms with Crippen molar-refractivity contribution in [3.63, 3.8) is 0 Å². The summed E-state index contributed by atoms with van der Waals surface area (Å²) in [5.41, 5.74) is 0.131. The van der Waals surface area contributed by atoms with Crippen molar-refractivity contribution in [2.75, 3.05) is 13.1 Å². The van der Waals surface area contributed by atoms with E-state index in [9.17, 15) is 26.8 Å². The lowest BCUT2D eigenvalue weighted by Gasteiger charge is -2.07. The van der Waals surface area contributed by atoms with Crippen LogP contribution >= 0.6 is 0 Å². The summed E-state index contributed by atoms with van der Waals surface area (Å²) in [4.78, 5) is 21.7. The topological polar surface area (TPSA) is 92.3 Å². The first-order valence-electron chi connectivity index (χ1n) is 5.90. The molecule has 0 fully saturated rings. The van der Waals surface area contributed by atoms with Gasteiger partial charge in [-0.05, 0) is 24.3 Å². The number of alkyl halides is 2. The third-order valence-corrected chi connectivity index (χ3v) is 3.86. The largest absolute Gasteiger partial charge is 0.355 e. The van der Waals surface area contributed by atoms with Crippen molar-refractivity contribution in [2.24, 2.45) is 0 Å². The van der Waals surface area contributed by atoms with Crippen LogP contribution < -0.4 is 10.6 Å². The van der Waals surface area contributed by atoms with Gasteiger partial charge in [-0.3, -0.25) is 9.59 Å². The van der Waals surface area contributed by atoms with Gasteiger partial charge in [0.15, 0.2) is 0 Å². The predicted molar refractivity (Wildman–Crippen MR) is 70.6 cm³/mol. The van der Waals surface area contributed by atoms with E-state index >= 15 is 0 Å². The van der Waals surface area contributed by atoms with E-state index in [2.05, 4.69) is 10.6 Å². The predicted octanol–water partition coefficient (Wildman–Crippen LogP) is 0.549. The van der Waals surface area contributed by atoms with Crippen LogP contribution in [0.1, 0.15) is 17.3 Å². The summed E-state index contributed by atoms with van der Waals surface area (Å²) in [5, 5.41) is 4.96. The quantitative estimate of drug-likeness (QED) is 0.749. The Morgan fingerprint density at radius 2 is 1.62 bits per heavy atom. The fraction of sp³-hybridized carbons (Fsp3) is 0.333. The number of hydrogen-bond donors (Lipinski definition) is 2. The third-order valence-electron chi connectivity index (χ3n) is 2.46. The van der Waals surface area contributed by atoms with Gasteiger partial charge in [0.2, 0.25) is 15.7 Å². The maximum Gasteiger partial charge on any atom is 0.341 e. The third kappa shape index (κ3) is 4.78. The molecule has 116 valence electrons. The molecule has 1 aromatic rings. The summed E-state index contributed by atoms with van der Waals surface area (Å²) in [6.07, 6.45) is 0. The molecule has 1 rings (SSSR count). The lowest BCUT2D eigenvalue weighted by molar-refractivity contribution is -0.118. The highest BCUT2D eigenvalue weighted by atomic mass is 32.2. The van der Waals surface area contributed by atoms with Crippen LogP contribution in [0.15, 0.2) is 29.2 Å². The van der Waals surface area contributed by atoms with Crippen LogP contribution in [0.5, 0.6) is 0 Å². The minimum Gasteiger partial charge on any atom is -0.355 e. The van der Waals surface area contributed by atoms with E-state index in [4.69, 9.17) is 0 Å². The normalized spacial score (nSPS) is 11.2. The van der Waals surface area contributed by atoms with Gasteiger partial charge in [0.1, 0.15) is 0 Å². The van der Waals surface area contributed by atoms with E-state index in [1.165, 1.54) is 6.92 Å². The molecule has 1 aromatic carbocycles. The van der Waals surface area contributed by atoms with E-state index in [0.29, 0.717) is 0 Å². The van der Waals surface area contributed by atoms with Crippen LogP contribution in [0, 0.1) is 0 Å². The highest BCUT2D eigenvalue weighted by Crippen LogP contribution is 2.18. The van der Waals surface area contributed by atoms with Gasteiger partial charge in [0, 0.05) is 25.6 Å².